The minimum absolute atomic E-state index is 0.0463. The summed E-state index contributed by atoms with van der Waals surface area (Å²) in [7, 11) is 0. The van der Waals surface area contributed by atoms with E-state index in [2.05, 4.69) is 5.32 Å². The number of amides is 1. The molecule has 0 saturated heterocycles. The van der Waals surface area contributed by atoms with Crippen LogP contribution in [0.15, 0.2) is 11.5 Å². The largest absolute Gasteiger partial charge is 0.507 e. The number of aliphatic hydroxyl groups is 2. The highest BCUT2D eigenvalue weighted by atomic mass is 16.3. The molecule has 4 nitrogen and oxygen atoms in total. The third-order valence-corrected chi connectivity index (χ3v) is 0.905. The van der Waals surface area contributed by atoms with Gasteiger partial charge in [0.15, 0.2) is 5.76 Å². The third-order valence-electron chi connectivity index (χ3n) is 0.905. The first kappa shape index (κ1) is 4.96. The quantitative estimate of drug-likeness (QED) is 0.396. The van der Waals surface area contributed by atoms with Gasteiger partial charge in [0.2, 0.25) is 5.76 Å². The summed E-state index contributed by atoms with van der Waals surface area (Å²) < 4.78 is 0. The van der Waals surface area contributed by atoms with Gasteiger partial charge in [-0.05, 0) is 0 Å². The molecule has 0 aromatic carbocycles. The van der Waals surface area contributed by atoms with Crippen LogP contribution in [0.5, 0.6) is 0 Å². The van der Waals surface area contributed by atoms with Crippen molar-refractivity contribution in [2.24, 2.45) is 0 Å². The van der Waals surface area contributed by atoms with Gasteiger partial charge < -0.3 is 15.5 Å². The first-order chi connectivity index (χ1) is 3.72. The predicted octanol–water partition coefficient (Wildman–Crippen LogP) is -0.556. The molecule has 0 radical (unpaired) electrons. The maximum Gasteiger partial charge on any atom is 0.290 e. The lowest BCUT2D eigenvalue weighted by Crippen LogP contribution is -2.17. The van der Waals surface area contributed by atoms with Gasteiger partial charge in [0.1, 0.15) is 0 Å². The number of aliphatic hydroxyl groups excluding tert-OH is 2. The van der Waals surface area contributed by atoms with E-state index in [9.17, 15) is 4.79 Å². The van der Waals surface area contributed by atoms with Gasteiger partial charge in [-0.15, -0.1) is 0 Å². The highest BCUT2D eigenvalue weighted by molar-refractivity contribution is 5.93. The highest BCUT2D eigenvalue weighted by Gasteiger charge is 2.20. The molecule has 3 N–H and O–H groups in total. The molecule has 0 atom stereocenters. The van der Waals surface area contributed by atoms with Gasteiger partial charge in [-0.1, -0.05) is 0 Å². The summed E-state index contributed by atoms with van der Waals surface area (Å²) in [4.78, 5) is 10.2. The number of hydrogen-bond donors (Lipinski definition) is 3. The maximum absolute atomic E-state index is 10.2. The van der Waals surface area contributed by atoms with Crippen LogP contribution in [-0.2, 0) is 4.79 Å². The van der Waals surface area contributed by atoms with Crippen LogP contribution in [0.25, 0.3) is 0 Å². The van der Waals surface area contributed by atoms with Crippen LogP contribution in [-0.4, -0.2) is 22.7 Å². The molecule has 0 saturated carbocycles. The van der Waals surface area contributed by atoms with Gasteiger partial charge in [0.05, 0.1) is 6.54 Å². The topological polar surface area (TPSA) is 69.6 Å². The summed E-state index contributed by atoms with van der Waals surface area (Å²) in [6.07, 6.45) is 0. The molecule has 8 heavy (non-hydrogen) atoms. The Bertz CT molecular complexity index is 161. The summed E-state index contributed by atoms with van der Waals surface area (Å²) in [6, 6.07) is 0. The van der Waals surface area contributed by atoms with Crippen LogP contribution >= 0.6 is 0 Å². The fourth-order valence-electron chi connectivity index (χ4n) is 0.462. The van der Waals surface area contributed by atoms with E-state index < -0.39 is 11.7 Å². The summed E-state index contributed by atoms with van der Waals surface area (Å²) in [5.41, 5.74) is 0. The number of hydrogen-bond acceptors (Lipinski definition) is 3. The van der Waals surface area contributed by atoms with Crippen molar-refractivity contribution in [3.8, 4) is 0 Å². The Morgan fingerprint density at radius 1 is 1.50 bits per heavy atom. The summed E-state index contributed by atoms with van der Waals surface area (Å²) in [6.45, 7) is 0.0463. The van der Waals surface area contributed by atoms with Gasteiger partial charge in [-0.25, -0.2) is 0 Å². The first-order valence-corrected chi connectivity index (χ1v) is 2.11. The highest BCUT2D eigenvalue weighted by Crippen LogP contribution is 2.02. The molecular formula is C4H5NO3. The maximum atomic E-state index is 10.2. The Kier molecular flexibility index (Phi) is 0.865. The van der Waals surface area contributed by atoms with E-state index in [0.717, 1.165) is 0 Å². The molecular weight excluding hydrogens is 110 g/mol. The van der Waals surface area contributed by atoms with Crippen LogP contribution in [0, 0.1) is 0 Å². The molecule has 4 heteroatoms. The molecule has 1 aliphatic heterocycles. The lowest BCUT2D eigenvalue weighted by Gasteiger charge is -1.83. The lowest BCUT2D eigenvalue weighted by atomic mass is 10.5. The number of carbonyl (C=O) groups is 1. The lowest BCUT2D eigenvalue weighted by molar-refractivity contribution is -0.118. The van der Waals surface area contributed by atoms with Crippen LogP contribution < -0.4 is 5.32 Å². The first-order valence-electron chi connectivity index (χ1n) is 2.11. The number of rotatable bonds is 0. The van der Waals surface area contributed by atoms with Crippen molar-refractivity contribution in [3.63, 3.8) is 0 Å². The molecule has 0 aromatic heterocycles. The van der Waals surface area contributed by atoms with E-state index >= 15 is 0 Å². The molecule has 0 aromatic rings. The van der Waals surface area contributed by atoms with Crippen molar-refractivity contribution in [3.05, 3.63) is 11.5 Å². The van der Waals surface area contributed by atoms with Gasteiger partial charge >= 0.3 is 0 Å². The van der Waals surface area contributed by atoms with Crippen molar-refractivity contribution in [1.82, 2.24) is 5.32 Å². The van der Waals surface area contributed by atoms with E-state index in [4.69, 9.17) is 10.2 Å². The standard InChI is InChI=1S/C4H5NO3/c6-2-1-5-4(8)3(2)7/h6-7H,1H2,(H,5,8). The molecule has 1 aliphatic rings. The Labute approximate surface area is 45.4 Å². The summed E-state index contributed by atoms with van der Waals surface area (Å²) in [5.74, 6) is -1.46. The van der Waals surface area contributed by atoms with Crippen molar-refractivity contribution in [1.29, 1.82) is 0 Å². The van der Waals surface area contributed by atoms with Crippen molar-refractivity contribution in [2.75, 3.05) is 6.54 Å². The van der Waals surface area contributed by atoms with Crippen LogP contribution in [0.1, 0.15) is 0 Å². The minimum atomic E-state index is -0.609. The minimum Gasteiger partial charge on any atom is -0.507 e. The zero-order valence-corrected chi connectivity index (χ0v) is 4.01. The van der Waals surface area contributed by atoms with Gasteiger partial charge in [0.25, 0.3) is 5.91 Å². The Balaban J connectivity index is 2.86. The molecule has 0 spiro atoms. The average molecular weight is 115 g/mol. The van der Waals surface area contributed by atoms with Gasteiger partial charge in [0, 0.05) is 0 Å². The Morgan fingerprint density at radius 2 is 2.12 bits per heavy atom. The SMILES string of the molecule is O=C1NCC(O)=C1O. The second-order valence-electron chi connectivity index (χ2n) is 1.48. The van der Waals surface area contributed by atoms with E-state index in [0.29, 0.717) is 0 Å². The van der Waals surface area contributed by atoms with E-state index in [1.807, 2.05) is 0 Å². The van der Waals surface area contributed by atoms with Gasteiger partial charge in [-0.3, -0.25) is 4.79 Å². The second-order valence-corrected chi connectivity index (χ2v) is 1.48. The number of nitrogens with one attached hydrogen (secondary N) is 1. The average Bonchev–Trinajstić information content (AvgIpc) is 1.98. The third kappa shape index (κ3) is 0.501. The smallest absolute Gasteiger partial charge is 0.290 e. The van der Waals surface area contributed by atoms with E-state index in [1.54, 1.807) is 0 Å². The zero-order valence-electron chi connectivity index (χ0n) is 4.01. The molecule has 1 heterocycles. The second kappa shape index (κ2) is 1.40. The normalized spacial score (nSPS) is 19.2. The molecule has 0 aliphatic carbocycles. The predicted molar refractivity (Wildman–Crippen MR) is 25.3 cm³/mol. The van der Waals surface area contributed by atoms with Crippen molar-refractivity contribution < 1.29 is 15.0 Å². The van der Waals surface area contributed by atoms with Crippen LogP contribution in [0.4, 0.5) is 0 Å². The fraction of sp³-hybridized carbons (Fsp3) is 0.250. The van der Waals surface area contributed by atoms with E-state index in [-0.39, 0.29) is 12.3 Å². The molecule has 44 valence electrons. The number of carbonyl (C=O) groups excluding carboxylic acids is 1. The monoisotopic (exact) mass is 115 g/mol. The molecule has 1 rings (SSSR count). The van der Waals surface area contributed by atoms with E-state index in [1.165, 1.54) is 0 Å². The fourth-order valence-corrected chi connectivity index (χ4v) is 0.462. The van der Waals surface area contributed by atoms with Crippen LogP contribution in [0.2, 0.25) is 0 Å². The Morgan fingerprint density at radius 3 is 2.25 bits per heavy atom. The van der Waals surface area contributed by atoms with Crippen LogP contribution in [0.3, 0.4) is 0 Å². The molecule has 0 fully saturated rings. The van der Waals surface area contributed by atoms with Crippen molar-refractivity contribution in [2.45, 2.75) is 0 Å². The molecule has 0 bridgehead atoms. The summed E-state index contributed by atoms with van der Waals surface area (Å²) >= 11 is 0. The zero-order chi connectivity index (χ0) is 6.15. The Hall–Kier alpha value is -1.19. The van der Waals surface area contributed by atoms with Gasteiger partial charge in [-0.2, -0.15) is 0 Å². The molecule has 0 unspecified atom stereocenters. The van der Waals surface area contributed by atoms with Crippen molar-refractivity contribution >= 4 is 5.91 Å². The summed E-state index contributed by atoms with van der Waals surface area (Å²) in [5, 5.41) is 19.2. The molecule has 1 amide bonds.